The van der Waals surface area contributed by atoms with Gasteiger partial charge in [0.1, 0.15) is 0 Å². The average molecular weight is 448 g/mol. The van der Waals surface area contributed by atoms with E-state index in [1.807, 2.05) is 0 Å². The van der Waals surface area contributed by atoms with E-state index in [9.17, 15) is 9.59 Å². The van der Waals surface area contributed by atoms with Crippen LogP contribution in [0.15, 0.2) is 9.66 Å². The number of rotatable bonds is 14. The maximum Gasteiger partial charge on any atom is 0.322 e. The second-order valence-corrected chi connectivity index (χ2v) is 8.06. The van der Waals surface area contributed by atoms with Gasteiger partial charge in [0, 0.05) is 3.58 Å². The van der Waals surface area contributed by atoms with Crippen molar-refractivity contribution in [2.75, 3.05) is 0 Å². The first-order valence-electron chi connectivity index (χ1n) is 9.75. The zero-order valence-corrected chi connectivity index (χ0v) is 17.3. The number of hydrogen-bond donors (Lipinski definition) is 0. The van der Waals surface area contributed by atoms with Crippen molar-refractivity contribution < 1.29 is 14.3 Å². The molecule has 1 atom stereocenters. The van der Waals surface area contributed by atoms with Gasteiger partial charge in [-0.1, -0.05) is 83.6 Å². The maximum atomic E-state index is 11.5. The first-order chi connectivity index (χ1) is 11.6. The molecule has 1 aliphatic heterocycles. The number of ether oxygens (including phenoxy) is 1. The van der Waals surface area contributed by atoms with Gasteiger partial charge in [0.15, 0.2) is 0 Å². The molecule has 0 saturated carbocycles. The van der Waals surface area contributed by atoms with Crippen molar-refractivity contribution in [1.29, 1.82) is 0 Å². The van der Waals surface area contributed by atoms with Crippen LogP contribution >= 0.6 is 22.6 Å². The molecule has 0 aromatic heterocycles. The van der Waals surface area contributed by atoms with E-state index in [1.165, 1.54) is 77.0 Å². The minimum absolute atomic E-state index is 0.214. The molecular formula is C20H33IO3. The van der Waals surface area contributed by atoms with Crippen molar-refractivity contribution in [3.63, 3.8) is 0 Å². The topological polar surface area (TPSA) is 43.4 Å². The molecule has 1 aliphatic rings. The summed E-state index contributed by atoms with van der Waals surface area (Å²) >= 11 is 2.17. The lowest BCUT2D eigenvalue weighted by atomic mass is 10.0. The number of carbonyl (C=O) groups is 2. The molecule has 1 fully saturated rings. The molecule has 1 unspecified atom stereocenters. The molecule has 0 amide bonds. The van der Waals surface area contributed by atoms with Crippen LogP contribution in [0.2, 0.25) is 0 Å². The Kier molecular flexibility index (Phi) is 12.5. The number of unbranched alkanes of at least 4 members (excludes halogenated alkanes) is 12. The largest absolute Gasteiger partial charge is 0.393 e. The van der Waals surface area contributed by atoms with Crippen molar-refractivity contribution in [2.45, 2.75) is 96.8 Å². The molecule has 24 heavy (non-hydrogen) atoms. The summed E-state index contributed by atoms with van der Waals surface area (Å²) in [5, 5.41) is 0. The van der Waals surface area contributed by atoms with Gasteiger partial charge in [0.2, 0.25) is 0 Å². The lowest BCUT2D eigenvalue weighted by molar-refractivity contribution is -0.152. The van der Waals surface area contributed by atoms with Gasteiger partial charge in [-0.2, -0.15) is 0 Å². The van der Waals surface area contributed by atoms with Gasteiger partial charge in [-0.05, 0) is 35.4 Å². The Morgan fingerprint density at radius 1 is 0.958 bits per heavy atom. The molecule has 4 heteroatoms. The zero-order valence-electron chi connectivity index (χ0n) is 15.2. The first-order valence-corrected chi connectivity index (χ1v) is 10.8. The molecule has 0 aromatic carbocycles. The van der Waals surface area contributed by atoms with Crippen LogP contribution in [0.25, 0.3) is 0 Å². The third-order valence-corrected chi connectivity index (χ3v) is 5.79. The molecular weight excluding hydrogens is 415 g/mol. The highest BCUT2D eigenvalue weighted by Gasteiger charge is 2.34. The predicted octanol–water partition coefficient (Wildman–Crippen LogP) is 6.49. The average Bonchev–Trinajstić information content (AvgIpc) is 2.90. The second-order valence-electron chi connectivity index (χ2n) is 6.82. The molecule has 1 saturated heterocycles. The van der Waals surface area contributed by atoms with Crippen LogP contribution in [0.5, 0.6) is 0 Å². The van der Waals surface area contributed by atoms with E-state index in [0.29, 0.717) is 0 Å². The fourth-order valence-corrected chi connectivity index (χ4v) is 3.84. The quantitative estimate of drug-likeness (QED) is 0.132. The Balaban J connectivity index is 1.91. The fraction of sp³-hybridized carbons (Fsp3) is 0.800. The van der Waals surface area contributed by atoms with Crippen molar-refractivity contribution in [3.05, 3.63) is 9.66 Å². The minimum atomic E-state index is -0.391. The van der Waals surface area contributed by atoms with Gasteiger partial charge >= 0.3 is 11.9 Å². The molecule has 0 bridgehead atoms. The first kappa shape index (κ1) is 21.7. The molecule has 138 valence electrons. The Bertz CT molecular complexity index is 404. The van der Waals surface area contributed by atoms with Gasteiger partial charge in [-0.3, -0.25) is 9.59 Å². The lowest BCUT2D eigenvalue weighted by Gasteiger charge is -2.04. The molecule has 3 nitrogen and oxygen atoms in total. The number of cyclic esters (lactones) is 2. The molecule has 0 aromatic rings. The van der Waals surface area contributed by atoms with Gasteiger partial charge in [-0.25, -0.2) is 0 Å². The fourth-order valence-electron chi connectivity index (χ4n) is 3.05. The summed E-state index contributed by atoms with van der Waals surface area (Å²) in [5.41, 5.74) is 0. The van der Waals surface area contributed by atoms with Crippen molar-refractivity contribution >= 4 is 34.5 Å². The maximum absolute atomic E-state index is 11.5. The summed E-state index contributed by atoms with van der Waals surface area (Å²) < 4.78 is 5.55. The molecule has 1 rings (SSSR count). The van der Waals surface area contributed by atoms with Crippen LogP contribution in [0.1, 0.15) is 96.8 Å². The third kappa shape index (κ3) is 9.80. The monoisotopic (exact) mass is 448 g/mol. The number of allylic oxidation sites excluding steroid dienone is 1. The Hall–Kier alpha value is -0.390. The number of hydrogen-bond acceptors (Lipinski definition) is 3. The summed E-state index contributed by atoms with van der Waals surface area (Å²) in [6.45, 7) is 2.26. The van der Waals surface area contributed by atoms with Gasteiger partial charge in [0.05, 0.1) is 12.3 Å². The highest BCUT2D eigenvalue weighted by Crippen LogP contribution is 2.29. The Labute approximate surface area is 161 Å². The van der Waals surface area contributed by atoms with E-state index in [1.54, 1.807) is 0 Å². The van der Waals surface area contributed by atoms with E-state index < -0.39 is 5.97 Å². The number of esters is 2. The summed E-state index contributed by atoms with van der Waals surface area (Å²) in [4.78, 5) is 22.6. The van der Waals surface area contributed by atoms with Gasteiger partial charge < -0.3 is 4.74 Å². The standard InChI is InChI=1S/C20H33IO3/c1-2-3-4-5-6-7-8-9-10-11-12-13-14-15-18(21)17-16-19(22)24-20(17)23/h15,17H,2-14,16H2,1H3. The Morgan fingerprint density at radius 2 is 1.46 bits per heavy atom. The highest BCUT2D eigenvalue weighted by molar-refractivity contribution is 14.1. The smallest absolute Gasteiger partial charge is 0.322 e. The SMILES string of the molecule is CCCCCCCCCCCCCCC=C(I)C1CC(=O)OC1=O. The van der Waals surface area contributed by atoms with E-state index in [-0.39, 0.29) is 18.3 Å². The molecule has 0 spiro atoms. The summed E-state index contributed by atoms with van der Waals surface area (Å²) in [7, 11) is 0. The summed E-state index contributed by atoms with van der Waals surface area (Å²) in [6.07, 6.45) is 19.5. The second kappa shape index (κ2) is 13.9. The van der Waals surface area contributed by atoms with Crippen LogP contribution in [-0.4, -0.2) is 11.9 Å². The third-order valence-electron chi connectivity index (χ3n) is 4.60. The molecule has 0 aliphatic carbocycles. The normalized spacial score (nSPS) is 18.2. The van der Waals surface area contributed by atoms with E-state index in [2.05, 4.69) is 40.3 Å². The van der Waals surface area contributed by atoms with Crippen LogP contribution < -0.4 is 0 Å². The van der Waals surface area contributed by atoms with E-state index in [0.717, 1.165) is 10.0 Å². The number of carbonyl (C=O) groups excluding carboxylic acids is 2. The lowest BCUT2D eigenvalue weighted by Crippen LogP contribution is -2.07. The highest BCUT2D eigenvalue weighted by atomic mass is 127. The van der Waals surface area contributed by atoms with Crippen LogP contribution in [0, 0.1) is 5.92 Å². The van der Waals surface area contributed by atoms with E-state index in [4.69, 9.17) is 0 Å². The van der Waals surface area contributed by atoms with Crippen LogP contribution in [-0.2, 0) is 14.3 Å². The van der Waals surface area contributed by atoms with Gasteiger partial charge in [0.25, 0.3) is 0 Å². The summed E-state index contributed by atoms with van der Waals surface area (Å²) in [6, 6.07) is 0. The zero-order chi connectivity index (χ0) is 17.6. The Morgan fingerprint density at radius 3 is 1.92 bits per heavy atom. The van der Waals surface area contributed by atoms with Crippen molar-refractivity contribution in [2.24, 2.45) is 5.92 Å². The van der Waals surface area contributed by atoms with E-state index >= 15 is 0 Å². The van der Waals surface area contributed by atoms with Gasteiger partial charge in [-0.15, -0.1) is 0 Å². The summed E-state index contributed by atoms with van der Waals surface area (Å²) in [5.74, 6) is -1.11. The van der Waals surface area contributed by atoms with Crippen LogP contribution in [0.3, 0.4) is 0 Å². The van der Waals surface area contributed by atoms with Crippen molar-refractivity contribution in [3.8, 4) is 0 Å². The molecule has 0 radical (unpaired) electrons. The predicted molar refractivity (Wildman–Crippen MR) is 107 cm³/mol. The molecule has 1 heterocycles. The molecule has 0 N–H and O–H groups in total. The van der Waals surface area contributed by atoms with Crippen LogP contribution in [0.4, 0.5) is 0 Å². The number of halogens is 1. The minimum Gasteiger partial charge on any atom is -0.393 e. The van der Waals surface area contributed by atoms with Crippen molar-refractivity contribution in [1.82, 2.24) is 0 Å².